The van der Waals surface area contributed by atoms with Gasteiger partial charge in [0.2, 0.25) is 10.0 Å². The summed E-state index contributed by atoms with van der Waals surface area (Å²) in [5.74, 6) is 2.39. The van der Waals surface area contributed by atoms with Gasteiger partial charge >= 0.3 is 0 Å². The summed E-state index contributed by atoms with van der Waals surface area (Å²) in [5.41, 5.74) is 1.07. The molecule has 1 aliphatic heterocycles. The summed E-state index contributed by atoms with van der Waals surface area (Å²) in [7, 11) is 3.53. The van der Waals surface area contributed by atoms with Gasteiger partial charge in [0.1, 0.15) is 11.5 Å². The van der Waals surface area contributed by atoms with E-state index in [2.05, 4.69) is 20.5 Å². The molecular formula is C20H36IN5O4S. The SMILES string of the molecule is CCS(=O)(=O)N(C)CCCNC(=NC)NC1CCN(c2cc(OC)cc(OC)c2)C1.I. The zero-order valence-electron chi connectivity index (χ0n) is 19.1. The molecule has 0 saturated carbocycles. The molecule has 2 N–H and O–H groups in total. The third-order valence-corrected chi connectivity index (χ3v) is 7.10. The number of methoxy groups -OCH3 is 2. The van der Waals surface area contributed by atoms with E-state index in [4.69, 9.17) is 9.47 Å². The minimum absolute atomic E-state index is 0. The fourth-order valence-electron chi connectivity index (χ4n) is 3.34. The van der Waals surface area contributed by atoms with Crippen molar-refractivity contribution in [1.29, 1.82) is 0 Å². The molecule has 0 aromatic heterocycles. The molecular weight excluding hydrogens is 533 g/mol. The number of anilines is 1. The van der Waals surface area contributed by atoms with Crippen molar-refractivity contribution < 1.29 is 17.9 Å². The first-order valence-electron chi connectivity index (χ1n) is 10.2. The molecule has 1 saturated heterocycles. The lowest BCUT2D eigenvalue weighted by Crippen LogP contribution is -2.45. The number of halogens is 1. The zero-order valence-corrected chi connectivity index (χ0v) is 22.2. The Labute approximate surface area is 203 Å². The molecule has 11 heteroatoms. The number of benzene rings is 1. The van der Waals surface area contributed by atoms with Crippen LogP contribution in [0.3, 0.4) is 0 Å². The highest BCUT2D eigenvalue weighted by molar-refractivity contribution is 14.0. The molecule has 1 aromatic carbocycles. The van der Waals surface area contributed by atoms with Crippen LogP contribution in [0.25, 0.3) is 0 Å². The third kappa shape index (κ3) is 8.19. The summed E-state index contributed by atoms with van der Waals surface area (Å²) in [6.07, 6.45) is 1.69. The van der Waals surface area contributed by atoms with E-state index in [1.54, 1.807) is 35.2 Å². The summed E-state index contributed by atoms with van der Waals surface area (Å²) in [5, 5.41) is 6.73. The van der Waals surface area contributed by atoms with Gasteiger partial charge in [0.05, 0.1) is 20.0 Å². The molecule has 1 fully saturated rings. The molecule has 0 aliphatic carbocycles. The van der Waals surface area contributed by atoms with Gasteiger partial charge in [0.15, 0.2) is 5.96 Å². The Morgan fingerprint density at radius 1 is 1.26 bits per heavy atom. The number of guanidine groups is 1. The van der Waals surface area contributed by atoms with Gasteiger partial charge in [-0.1, -0.05) is 0 Å². The maximum atomic E-state index is 11.8. The van der Waals surface area contributed by atoms with E-state index in [1.165, 1.54) is 4.31 Å². The minimum Gasteiger partial charge on any atom is -0.497 e. The van der Waals surface area contributed by atoms with Crippen molar-refractivity contribution in [2.24, 2.45) is 4.99 Å². The quantitative estimate of drug-likeness (QED) is 0.192. The number of aliphatic imine (C=N–C) groups is 1. The van der Waals surface area contributed by atoms with Crippen LogP contribution in [0.5, 0.6) is 11.5 Å². The third-order valence-electron chi connectivity index (χ3n) is 5.24. The van der Waals surface area contributed by atoms with Crippen LogP contribution in [-0.4, -0.2) is 85.0 Å². The number of ether oxygens (including phenoxy) is 2. The molecule has 1 unspecified atom stereocenters. The second-order valence-corrected chi connectivity index (χ2v) is 9.59. The zero-order chi connectivity index (χ0) is 22.1. The van der Waals surface area contributed by atoms with Crippen molar-refractivity contribution in [1.82, 2.24) is 14.9 Å². The molecule has 178 valence electrons. The molecule has 1 heterocycles. The maximum Gasteiger partial charge on any atom is 0.213 e. The van der Waals surface area contributed by atoms with E-state index in [0.29, 0.717) is 19.5 Å². The van der Waals surface area contributed by atoms with Gasteiger partial charge in [0, 0.05) is 70.2 Å². The Balaban J connectivity index is 0.00000480. The highest BCUT2D eigenvalue weighted by Crippen LogP contribution is 2.30. The molecule has 0 spiro atoms. The molecule has 2 rings (SSSR count). The molecule has 0 amide bonds. The Hall–Kier alpha value is -1.47. The van der Waals surface area contributed by atoms with Crippen LogP contribution in [0, 0.1) is 0 Å². The average molecular weight is 570 g/mol. The van der Waals surface area contributed by atoms with E-state index in [0.717, 1.165) is 42.7 Å². The summed E-state index contributed by atoms with van der Waals surface area (Å²) in [4.78, 5) is 6.58. The fourth-order valence-corrected chi connectivity index (χ4v) is 4.19. The van der Waals surface area contributed by atoms with Crippen LogP contribution >= 0.6 is 24.0 Å². The van der Waals surface area contributed by atoms with Crippen LogP contribution in [0.4, 0.5) is 5.69 Å². The topological polar surface area (TPSA) is 95.5 Å². The lowest BCUT2D eigenvalue weighted by atomic mass is 10.2. The van der Waals surface area contributed by atoms with Crippen molar-refractivity contribution in [2.75, 3.05) is 65.1 Å². The Morgan fingerprint density at radius 2 is 1.90 bits per heavy atom. The maximum absolute atomic E-state index is 11.8. The summed E-state index contributed by atoms with van der Waals surface area (Å²) in [6, 6.07) is 6.15. The summed E-state index contributed by atoms with van der Waals surface area (Å²) in [6.45, 7) is 4.54. The van der Waals surface area contributed by atoms with Crippen LogP contribution in [0.15, 0.2) is 23.2 Å². The molecule has 1 aliphatic rings. The first-order chi connectivity index (χ1) is 14.3. The van der Waals surface area contributed by atoms with Gasteiger partial charge in [0.25, 0.3) is 0 Å². The van der Waals surface area contributed by atoms with Crippen molar-refractivity contribution in [2.45, 2.75) is 25.8 Å². The summed E-state index contributed by atoms with van der Waals surface area (Å²) >= 11 is 0. The van der Waals surface area contributed by atoms with Gasteiger partial charge in [-0.05, 0) is 19.8 Å². The Morgan fingerprint density at radius 3 is 2.45 bits per heavy atom. The van der Waals surface area contributed by atoms with E-state index < -0.39 is 10.0 Å². The monoisotopic (exact) mass is 569 g/mol. The molecule has 31 heavy (non-hydrogen) atoms. The molecule has 9 nitrogen and oxygen atoms in total. The number of sulfonamides is 1. The first-order valence-corrected chi connectivity index (χ1v) is 11.8. The van der Waals surface area contributed by atoms with E-state index in [-0.39, 0.29) is 35.8 Å². The normalized spacial score (nSPS) is 16.8. The van der Waals surface area contributed by atoms with Crippen molar-refractivity contribution in [3.05, 3.63) is 18.2 Å². The number of nitrogens with zero attached hydrogens (tertiary/aromatic N) is 3. The van der Waals surface area contributed by atoms with Crippen LogP contribution < -0.4 is 25.0 Å². The van der Waals surface area contributed by atoms with Gasteiger partial charge in [-0.25, -0.2) is 12.7 Å². The van der Waals surface area contributed by atoms with E-state index in [9.17, 15) is 8.42 Å². The number of hydrogen-bond donors (Lipinski definition) is 2. The molecule has 0 radical (unpaired) electrons. The van der Waals surface area contributed by atoms with Gasteiger partial charge in [-0.2, -0.15) is 0 Å². The van der Waals surface area contributed by atoms with Crippen LogP contribution in [0.1, 0.15) is 19.8 Å². The van der Waals surface area contributed by atoms with Gasteiger partial charge < -0.3 is 25.0 Å². The molecule has 1 aromatic rings. The predicted octanol–water partition coefficient (Wildman–Crippen LogP) is 1.74. The second-order valence-electron chi connectivity index (χ2n) is 7.22. The second kappa shape index (κ2) is 13.2. The highest BCUT2D eigenvalue weighted by atomic mass is 127. The van der Waals surface area contributed by atoms with Crippen molar-refractivity contribution in [3.63, 3.8) is 0 Å². The van der Waals surface area contributed by atoms with Gasteiger partial charge in [-0.3, -0.25) is 4.99 Å². The van der Waals surface area contributed by atoms with Gasteiger partial charge in [-0.15, -0.1) is 24.0 Å². The lowest BCUT2D eigenvalue weighted by Gasteiger charge is -2.22. The Bertz CT molecular complexity index is 800. The van der Waals surface area contributed by atoms with Crippen LogP contribution in [0.2, 0.25) is 0 Å². The van der Waals surface area contributed by atoms with Crippen molar-refractivity contribution >= 4 is 45.6 Å². The number of rotatable bonds is 10. The van der Waals surface area contributed by atoms with E-state index in [1.807, 2.05) is 18.2 Å². The molecule has 1 atom stereocenters. The minimum atomic E-state index is -3.13. The number of nitrogens with one attached hydrogen (secondary N) is 2. The van der Waals surface area contributed by atoms with E-state index >= 15 is 0 Å². The van der Waals surface area contributed by atoms with Crippen LogP contribution in [-0.2, 0) is 10.0 Å². The number of hydrogen-bond acceptors (Lipinski definition) is 6. The first kappa shape index (κ1) is 27.6. The Kier molecular flexibility index (Phi) is 11.7. The predicted molar refractivity (Wildman–Crippen MR) is 137 cm³/mol. The summed E-state index contributed by atoms with van der Waals surface area (Å²) < 4.78 is 35.7. The smallest absolute Gasteiger partial charge is 0.213 e. The molecule has 0 bridgehead atoms. The highest BCUT2D eigenvalue weighted by Gasteiger charge is 2.24. The fraction of sp³-hybridized carbons (Fsp3) is 0.650. The largest absolute Gasteiger partial charge is 0.497 e. The standard InChI is InChI=1S/C20H35N5O4S.HI/c1-6-30(26,27)24(3)10-7-9-22-20(21-2)23-16-8-11-25(15-16)17-12-18(28-4)14-19(13-17)29-5;/h12-14,16H,6-11,15H2,1-5H3,(H2,21,22,23);1H. The van der Waals surface area contributed by atoms with Crippen molar-refractivity contribution in [3.8, 4) is 11.5 Å². The lowest BCUT2D eigenvalue weighted by molar-refractivity contribution is 0.394. The average Bonchev–Trinajstić information content (AvgIpc) is 3.23.